The molecule has 0 atom stereocenters. The van der Waals surface area contributed by atoms with E-state index in [1.54, 1.807) is 18.4 Å². The molecular formula is C16H27IN4O2S. The van der Waals surface area contributed by atoms with Gasteiger partial charge in [0, 0.05) is 25.5 Å². The fourth-order valence-electron chi connectivity index (χ4n) is 2.68. The van der Waals surface area contributed by atoms with Gasteiger partial charge in [0.1, 0.15) is 0 Å². The van der Waals surface area contributed by atoms with Crippen LogP contribution in [0.3, 0.4) is 0 Å². The molecule has 0 aliphatic carbocycles. The Morgan fingerprint density at radius 1 is 1.46 bits per heavy atom. The maximum Gasteiger partial charge on any atom is 0.309 e. The van der Waals surface area contributed by atoms with E-state index in [1.165, 1.54) is 0 Å². The zero-order valence-electron chi connectivity index (χ0n) is 14.6. The summed E-state index contributed by atoms with van der Waals surface area (Å²) in [6.45, 7) is 6.74. The van der Waals surface area contributed by atoms with E-state index >= 15 is 0 Å². The third kappa shape index (κ3) is 5.87. The van der Waals surface area contributed by atoms with Gasteiger partial charge in [-0.2, -0.15) is 0 Å². The number of halogens is 1. The van der Waals surface area contributed by atoms with Crippen molar-refractivity contribution >= 4 is 47.2 Å². The lowest BCUT2D eigenvalue weighted by atomic mass is 9.97. The van der Waals surface area contributed by atoms with Gasteiger partial charge in [-0.05, 0) is 26.2 Å². The zero-order valence-corrected chi connectivity index (χ0v) is 17.7. The molecule has 6 nitrogen and oxygen atoms in total. The van der Waals surface area contributed by atoms with Crippen LogP contribution in [0.15, 0.2) is 10.4 Å². The maximum absolute atomic E-state index is 11.8. The van der Waals surface area contributed by atoms with Crippen LogP contribution in [0.25, 0.3) is 0 Å². The summed E-state index contributed by atoms with van der Waals surface area (Å²) in [5.41, 5.74) is 1.05. The van der Waals surface area contributed by atoms with Gasteiger partial charge in [-0.3, -0.25) is 9.79 Å². The first kappa shape index (κ1) is 21.1. The molecule has 0 radical (unpaired) electrons. The van der Waals surface area contributed by atoms with Gasteiger partial charge in [0.2, 0.25) is 0 Å². The van der Waals surface area contributed by atoms with Gasteiger partial charge in [-0.1, -0.05) is 6.92 Å². The minimum atomic E-state index is -0.0651. The van der Waals surface area contributed by atoms with E-state index in [2.05, 4.69) is 32.5 Å². The fourth-order valence-corrected chi connectivity index (χ4v) is 3.43. The molecule has 2 rings (SSSR count). The van der Waals surface area contributed by atoms with Gasteiger partial charge >= 0.3 is 5.97 Å². The summed E-state index contributed by atoms with van der Waals surface area (Å²) in [6, 6.07) is 0. The number of hydrogen-bond donors (Lipinski definition) is 1. The van der Waals surface area contributed by atoms with Crippen molar-refractivity contribution in [3.05, 3.63) is 16.1 Å². The number of aromatic nitrogens is 1. The number of hydrogen-bond acceptors (Lipinski definition) is 5. The number of esters is 1. The van der Waals surface area contributed by atoms with Crippen LogP contribution in [-0.2, 0) is 22.5 Å². The molecule has 0 bridgehead atoms. The lowest BCUT2D eigenvalue weighted by Gasteiger charge is -2.33. The number of aryl methyl sites for hydroxylation is 1. The number of thiazole rings is 1. The molecule has 0 unspecified atom stereocenters. The first-order valence-corrected chi connectivity index (χ1v) is 9.11. The molecule has 1 aliphatic rings. The van der Waals surface area contributed by atoms with E-state index < -0.39 is 0 Å². The van der Waals surface area contributed by atoms with Crippen LogP contribution in [0, 0.1) is 5.92 Å². The molecule has 0 aromatic carbocycles. The monoisotopic (exact) mass is 466 g/mol. The number of carbonyl (C=O) groups excluding carboxylic acids is 1. The summed E-state index contributed by atoms with van der Waals surface area (Å²) in [5.74, 6) is 0.831. The maximum atomic E-state index is 11.8. The lowest BCUT2D eigenvalue weighted by molar-refractivity contribution is -0.149. The normalized spacial score (nSPS) is 15.8. The fraction of sp³-hybridized carbons (Fsp3) is 0.688. The smallest absolute Gasteiger partial charge is 0.309 e. The highest BCUT2D eigenvalue weighted by Crippen LogP contribution is 2.19. The molecule has 0 amide bonds. The van der Waals surface area contributed by atoms with Crippen molar-refractivity contribution < 1.29 is 9.53 Å². The number of likely N-dealkylation sites (tertiary alicyclic amines) is 1. The summed E-state index contributed by atoms with van der Waals surface area (Å²) in [6.07, 6.45) is 2.60. The molecule has 1 aromatic heterocycles. The SMILES string of the molecule is CCOC(=O)C1CCN(C(=NC)NCc2csc(CC)n2)CC1.I. The third-order valence-corrected chi connectivity index (χ3v) is 5.00. The van der Waals surface area contributed by atoms with E-state index in [0.29, 0.717) is 13.2 Å². The van der Waals surface area contributed by atoms with Gasteiger partial charge in [-0.25, -0.2) is 4.98 Å². The number of carbonyl (C=O) groups is 1. The van der Waals surface area contributed by atoms with E-state index in [1.807, 2.05) is 6.92 Å². The Morgan fingerprint density at radius 3 is 2.71 bits per heavy atom. The Hall–Kier alpha value is -0.900. The second-order valence-electron chi connectivity index (χ2n) is 5.50. The molecule has 1 N–H and O–H groups in total. The van der Waals surface area contributed by atoms with Crippen molar-refractivity contribution in [3.63, 3.8) is 0 Å². The van der Waals surface area contributed by atoms with Crippen molar-refractivity contribution in [1.29, 1.82) is 0 Å². The second-order valence-corrected chi connectivity index (χ2v) is 6.44. The van der Waals surface area contributed by atoms with Crippen LogP contribution in [0.1, 0.15) is 37.4 Å². The highest BCUT2D eigenvalue weighted by Gasteiger charge is 2.27. The minimum absolute atomic E-state index is 0. The first-order valence-electron chi connectivity index (χ1n) is 8.23. The third-order valence-electron chi connectivity index (χ3n) is 3.96. The molecule has 1 aliphatic heterocycles. The summed E-state index contributed by atoms with van der Waals surface area (Å²) in [7, 11) is 1.79. The van der Waals surface area contributed by atoms with Gasteiger partial charge in [0.25, 0.3) is 0 Å². The van der Waals surface area contributed by atoms with Crippen LogP contribution in [0.2, 0.25) is 0 Å². The van der Waals surface area contributed by atoms with Crippen molar-refractivity contribution in [2.75, 3.05) is 26.7 Å². The zero-order chi connectivity index (χ0) is 16.7. The lowest BCUT2D eigenvalue weighted by Crippen LogP contribution is -2.46. The van der Waals surface area contributed by atoms with Crippen LogP contribution in [0.4, 0.5) is 0 Å². The molecule has 1 saturated heterocycles. The molecule has 0 spiro atoms. The Morgan fingerprint density at radius 2 is 2.17 bits per heavy atom. The molecule has 1 aromatic rings. The number of ether oxygens (including phenoxy) is 1. The van der Waals surface area contributed by atoms with Crippen molar-refractivity contribution in [2.45, 2.75) is 39.7 Å². The molecular weight excluding hydrogens is 439 g/mol. The summed E-state index contributed by atoms with van der Waals surface area (Å²) < 4.78 is 5.11. The van der Waals surface area contributed by atoms with E-state index in [0.717, 1.165) is 49.0 Å². The molecule has 0 saturated carbocycles. The molecule has 2 heterocycles. The summed E-state index contributed by atoms with van der Waals surface area (Å²) in [5, 5.41) is 6.61. The Labute approximate surface area is 165 Å². The Balaban J connectivity index is 0.00000288. The molecule has 8 heteroatoms. The van der Waals surface area contributed by atoms with E-state index in [-0.39, 0.29) is 35.9 Å². The average molecular weight is 466 g/mol. The number of guanidine groups is 1. The predicted octanol–water partition coefficient (Wildman–Crippen LogP) is 2.67. The number of rotatable bonds is 5. The van der Waals surface area contributed by atoms with Crippen LogP contribution < -0.4 is 5.32 Å². The highest BCUT2D eigenvalue weighted by atomic mass is 127. The number of nitrogens with zero attached hydrogens (tertiary/aromatic N) is 3. The van der Waals surface area contributed by atoms with E-state index in [9.17, 15) is 4.79 Å². The number of aliphatic imine (C=N–C) groups is 1. The Bertz CT molecular complexity index is 542. The topological polar surface area (TPSA) is 66.8 Å². The second kappa shape index (κ2) is 10.9. The van der Waals surface area contributed by atoms with Gasteiger partial charge in [0.15, 0.2) is 5.96 Å². The molecule has 1 fully saturated rings. The standard InChI is InChI=1S/C16H26N4O2S.HI/c1-4-14-19-13(11-23-14)10-18-16(17-3)20-8-6-12(7-9-20)15(21)22-5-2;/h11-12H,4-10H2,1-3H3,(H,17,18);1H. The largest absolute Gasteiger partial charge is 0.466 e. The van der Waals surface area contributed by atoms with Gasteiger partial charge in [0.05, 0.1) is 29.8 Å². The summed E-state index contributed by atoms with van der Waals surface area (Å²) in [4.78, 5) is 22.9. The van der Waals surface area contributed by atoms with Crippen molar-refractivity contribution in [1.82, 2.24) is 15.2 Å². The molecule has 136 valence electrons. The minimum Gasteiger partial charge on any atom is -0.466 e. The van der Waals surface area contributed by atoms with Crippen LogP contribution in [-0.4, -0.2) is 48.6 Å². The Kier molecular flexibility index (Phi) is 9.57. The summed E-state index contributed by atoms with van der Waals surface area (Å²) >= 11 is 1.70. The molecule has 24 heavy (non-hydrogen) atoms. The predicted molar refractivity (Wildman–Crippen MR) is 108 cm³/mol. The van der Waals surface area contributed by atoms with E-state index in [4.69, 9.17) is 4.74 Å². The number of piperidine rings is 1. The van der Waals surface area contributed by atoms with Crippen molar-refractivity contribution in [3.8, 4) is 0 Å². The average Bonchev–Trinajstić information content (AvgIpc) is 3.04. The van der Waals surface area contributed by atoms with Crippen molar-refractivity contribution in [2.24, 2.45) is 10.9 Å². The van der Waals surface area contributed by atoms with Gasteiger partial charge < -0.3 is 15.0 Å². The number of nitrogens with one attached hydrogen (secondary N) is 1. The quantitative estimate of drug-likeness (QED) is 0.313. The van der Waals surface area contributed by atoms with Crippen LogP contribution >= 0.6 is 35.3 Å². The highest BCUT2D eigenvalue weighted by molar-refractivity contribution is 14.0. The van der Waals surface area contributed by atoms with Crippen LogP contribution in [0.5, 0.6) is 0 Å². The first-order chi connectivity index (χ1) is 11.2. The van der Waals surface area contributed by atoms with Gasteiger partial charge in [-0.15, -0.1) is 35.3 Å².